The molecule has 0 bridgehead atoms. The predicted octanol–water partition coefficient (Wildman–Crippen LogP) is 10.00. The Bertz CT molecular complexity index is 2250. The number of rotatable bonds is 4. The third-order valence-corrected chi connectivity index (χ3v) is 7.90. The molecule has 0 radical (unpaired) electrons. The number of aromatic nitrogens is 3. The predicted molar refractivity (Wildman–Crippen MR) is 174 cm³/mol. The average molecular weight is 536 g/mol. The maximum Gasteiger partial charge on any atom is 0.160 e. The molecule has 8 aromatic rings. The summed E-state index contributed by atoms with van der Waals surface area (Å²) in [4.78, 5) is 14.9. The Morgan fingerprint density at radius 3 is 1.79 bits per heavy atom. The van der Waals surface area contributed by atoms with E-state index in [1.807, 2.05) is 30.5 Å². The minimum atomic E-state index is 0.675. The molecule has 2 aromatic heterocycles. The van der Waals surface area contributed by atoms with Crippen molar-refractivity contribution in [1.82, 2.24) is 15.0 Å². The monoisotopic (exact) mass is 535 g/mol. The second-order valence-corrected chi connectivity index (χ2v) is 10.5. The molecule has 0 N–H and O–H groups in total. The lowest BCUT2D eigenvalue weighted by atomic mass is 9.98. The number of hydrogen-bond donors (Lipinski definition) is 0. The summed E-state index contributed by atoms with van der Waals surface area (Å²) in [5, 5.41) is 7.32. The Balaban J connectivity index is 1.32. The highest BCUT2D eigenvalue weighted by atomic mass is 14.9. The minimum absolute atomic E-state index is 0.675. The first-order valence-electron chi connectivity index (χ1n) is 14.1. The van der Waals surface area contributed by atoms with Crippen molar-refractivity contribution in [3.8, 4) is 45.2 Å². The largest absolute Gasteiger partial charge is 0.256 e. The van der Waals surface area contributed by atoms with E-state index in [2.05, 4.69) is 126 Å². The van der Waals surface area contributed by atoms with Gasteiger partial charge in [-0.05, 0) is 62.6 Å². The fourth-order valence-electron chi connectivity index (χ4n) is 5.73. The number of nitrogens with zero attached hydrogens (tertiary/aromatic N) is 3. The Morgan fingerprint density at radius 1 is 0.333 bits per heavy atom. The SMILES string of the molecule is c1ccc(-c2cc(-c3nc(-c4ccc5ccccc5c4)cc(-c4ccc5c(ccc6ccccc65)c4)n3)ccn2)cc1. The summed E-state index contributed by atoms with van der Waals surface area (Å²) in [6.45, 7) is 0. The topological polar surface area (TPSA) is 38.7 Å². The van der Waals surface area contributed by atoms with Gasteiger partial charge in [0.15, 0.2) is 5.82 Å². The van der Waals surface area contributed by atoms with Crippen LogP contribution < -0.4 is 0 Å². The maximum absolute atomic E-state index is 5.13. The van der Waals surface area contributed by atoms with Gasteiger partial charge in [-0.25, -0.2) is 9.97 Å². The van der Waals surface area contributed by atoms with E-state index >= 15 is 0 Å². The quantitative estimate of drug-likeness (QED) is 0.211. The van der Waals surface area contributed by atoms with Crippen LogP contribution in [0.3, 0.4) is 0 Å². The Labute approximate surface area is 243 Å². The van der Waals surface area contributed by atoms with E-state index in [0.29, 0.717) is 5.82 Å². The van der Waals surface area contributed by atoms with Gasteiger partial charge in [-0.2, -0.15) is 0 Å². The van der Waals surface area contributed by atoms with E-state index in [0.717, 1.165) is 39.3 Å². The minimum Gasteiger partial charge on any atom is -0.256 e. The van der Waals surface area contributed by atoms with Gasteiger partial charge in [0.2, 0.25) is 0 Å². The van der Waals surface area contributed by atoms with Gasteiger partial charge in [0, 0.05) is 28.5 Å². The van der Waals surface area contributed by atoms with Crippen LogP contribution in [-0.4, -0.2) is 15.0 Å². The fourth-order valence-corrected chi connectivity index (χ4v) is 5.73. The molecule has 196 valence electrons. The van der Waals surface area contributed by atoms with E-state index in [-0.39, 0.29) is 0 Å². The first-order chi connectivity index (χ1) is 20.8. The zero-order valence-corrected chi connectivity index (χ0v) is 22.8. The van der Waals surface area contributed by atoms with E-state index in [1.54, 1.807) is 0 Å². The molecule has 3 nitrogen and oxygen atoms in total. The molecular weight excluding hydrogens is 510 g/mol. The standard InChI is InChI=1S/C39H25N3/c1-2-10-28(11-3-1)36-24-33(20-21-40-36)39-41-37(31-17-14-26-8-4-5-12-29(26)22-31)25-38(42-39)32-18-19-35-30(23-32)16-15-27-9-6-7-13-34(27)35/h1-25H. The zero-order valence-electron chi connectivity index (χ0n) is 22.8. The lowest BCUT2D eigenvalue weighted by Crippen LogP contribution is -1.97. The van der Waals surface area contributed by atoms with Crippen LogP contribution in [0.15, 0.2) is 152 Å². The van der Waals surface area contributed by atoms with Gasteiger partial charge in [0.1, 0.15) is 0 Å². The van der Waals surface area contributed by atoms with Gasteiger partial charge >= 0.3 is 0 Å². The highest BCUT2D eigenvalue weighted by molar-refractivity contribution is 6.08. The lowest BCUT2D eigenvalue weighted by molar-refractivity contribution is 1.18. The van der Waals surface area contributed by atoms with Crippen molar-refractivity contribution in [2.75, 3.05) is 0 Å². The van der Waals surface area contributed by atoms with E-state index < -0.39 is 0 Å². The number of hydrogen-bond acceptors (Lipinski definition) is 3. The molecule has 0 atom stereocenters. The molecule has 0 saturated carbocycles. The smallest absolute Gasteiger partial charge is 0.160 e. The summed E-state index contributed by atoms with van der Waals surface area (Å²) in [6, 6.07) is 50.9. The molecule has 0 aliphatic heterocycles. The zero-order chi connectivity index (χ0) is 27.9. The van der Waals surface area contributed by atoms with Gasteiger partial charge in [-0.1, -0.05) is 115 Å². The molecule has 0 spiro atoms. The third kappa shape index (κ3) is 4.38. The fraction of sp³-hybridized carbons (Fsp3) is 0. The molecule has 0 aliphatic rings. The van der Waals surface area contributed by atoms with Gasteiger partial charge in [-0.3, -0.25) is 4.98 Å². The second-order valence-electron chi connectivity index (χ2n) is 10.5. The molecule has 3 heteroatoms. The molecule has 0 fully saturated rings. The van der Waals surface area contributed by atoms with Gasteiger partial charge in [-0.15, -0.1) is 0 Å². The van der Waals surface area contributed by atoms with Crippen LogP contribution in [0.4, 0.5) is 0 Å². The van der Waals surface area contributed by atoms with Gasteiger partial charge in [0.25, 0.3) is 0 Å². The van der Waals surface area contributed by atoms with Crippen molar-refractivity contribution in [2.24, 2.45) is 0 Å². The lowest BCUT2D eigenvalue weighted by Gasteiger charge is -2.12. The van der Waals surface area contributed by atoms with Crippen molar-refractivity contribution < 1.29 is 0 Å². The van der Waals surface area contributed by atoms with Crippen LogP contribution in [-0.2, 0) is 0 Å². The summed E-state index contributed by atoms with van der Waals surface area (Å²) in [5.74, 6) is 0.675. The van der Waals surface area contributed by atoms with E-state index in [4.69, 9.17) is 9.97 Å². The van der Waals surface area contributed by atoms with Crippen LogP contribution in [0.25, 0.3) is 77.5 Å². The first kappa shape index (κ1) is 24.2. The maximum atomic E-state index is 5.13. The van der Waals surface area contributed by atoms with Crippen LogP contribution in [0.2, 0.25) is 0 Å². The molecule has 0 amide bonds. The highest BCUT2D eigenvalue weighted by Crippen LogP contribution is 2.33. The summed E-state index contributed by atoms with van der Waals surface area (Å²) in [5.41, 5.74) is 6.77. The van der Waals surface area contributed by atoms with Crippen molar-refractivity contribution in [3.63, 3.8) is 0 Å². The molecule has 0 saturated heterocycles. The summed E-state index contributed by atoms with van der Waals surface area (Å²) < 4.78 is 0. The molecule has 0 unspecified atom stereocenters. The van der Waals surface area contributed by atoms with Crippen LogP contribution in [0, 0.1) is 0 Å². The van der Waals surface area contributed by atoms with E-state index in [9.17, 15) is 0 Å². The number of benzene rings is 6. The van der Waals surface area contributed by atoms with Crippen molar-refractivity contribution in [2.45, 2.75) is 0 Å². The molecule has 0 aliphatic carbocycles. The van der Waals surface area contributed by atoms with Crippen LogP contribution in [0.1, 0.15) is 0 Å². The molecular formula is C39H25N3. The number of fused-ring (bicyclic) bond motifs is 4. The van der Waals surface area contributed by atoms with Crippen LogP contribution >= 0.6 is 0 Å². The second kappa shape index (κ2) is 10.1. The third-order valence-electron chi connectivity index (χ3n) is 7.90. The Hall–Kier alpha value is -5.67. The van der Waals surface area contributed by atoms with E-state index in [1.165, 1.54) is 32.3 Å². The Morgan fingerprint density at radius 2 is 0.952 bits per heavy atom. The molecule has 8 rings (SSSR count). The summed E-state index contributed by atoms with van der Waals surface area (Å²) in [6.07, 6.45) is 1.84. The summed E-state index contributed by atoms with van der Waals surface area (Å²) in [7, 11) is 0. The summed E-state index contributed by atoms with van der Waals surface area (Å²) >= 11 is 0. The van der Waals surface area contributed by atoms with Crippen molar-refractivity contribution in [1.29, 1.82) is 0 Å². The van der Waals surface area contributed by atoms with Crippen LogP contribution in [0.5, 0.6) is 0 Å². The average Bonchev–Trinajstić information content (AvgIpc) is 3.08. The van der Waals surface area contributed by atoms with Crippen molar-refractivity contribution >= 4 is 32.3 Å². The van der Waals surface area contributed by atoms with Gasteiger partial charge in [0.05, 0.1) is 17.1 Å². The first-order valence-corrected chi connectivity index (χ1v) is 14.1. The van der Waals surface area contributed by atoms with Gasteiger partial charge < -0.3 is 0 Å². The molecule has 6 aromatic carbocycles. The molecule has 42 heavy (non-hydrogen) atoms. The normalized spacial score (nSPS) is 11.3. The Kier molecular flexibility index (Phi) is 5.79. The highest BCUT2D eigenvalue weighted by Gasteiger charge is 2.13. The van der Waals surface area contributed by atoms with Crippen molar-refractivity contribution in [3.05, 3.63) is 152 Å². The molecule has 2 heterocycles. The number of pyridine rings is 1.